The molecule has 6 heteroatoms. The molecular formula is C11H15N3O3. The van der Waals surface area contributed by atoms with Crippen LogP contribution in [0, 0.1) is 17.0 Å². The topological polar surface area (TPSA) is 77.3 Å². The minimum absolute atomic E-state index is 0.165. The Morgan fingerprint density at radius 2 is 2.35 bits per heavy atom. The molecule has 0 amide bonds. The molecule has 0 aliphatic heterocycles. The maximum Gasteiger partial charge on any atom is 0.406 e. The third-order valence-electron chi connectivity index (χ3n) is 2.01. The molecule has 1 rings (SSSR count). The van der Waals surface area contributed by atoms with Crippen molar-refractivity contribution in [3.8, 4) is 5.75 Å². The molecule has 1 heterocycles. The predicted octanol–water partition coefficient (Wildman–Crippen LogP) is 1.45. The minimum Gasteiger partial charge on any atom is -0.481 e. The van der Waals surface area contributed by atoms with Crippen LogP contribution in [0.4, 0.5) is 5.82 Å². The van der Waals surface area contributed by atoms with Crippen molar-refractivity contribution in [1.29, 1.82) is 0 Å². The molecule has 0 aliphatic carbocycles. The standard InChI is InChI=1S/C11H15N3O3/c1-8(6-12-3)7-17-10-5-4-9(2)13-11(10)14(15)16/h4-5,12H,1,6-7H2,2-3H3. The Kier molecular flexibility index (Phi) is 4.59. The first-order valence-electron chi connectivity index (χ1n) is 5.10. The van der Waals surface area contributed by atoms with Gasteiger partial charge in [0.05, 0.1) is 0 Å². The third-order valence-corrected chi connectivity index (χ3v) is 2.01. The van der Waals surface area contributed by atoms with Gasteiger partial charge in [-0.1, -0.05) is 6.58 Å². The van der Waals surface area contributed by atoms with Crippen molar-refractivity contribution >= 4 is 5.82 Å². The second-order valence-electron chi connectivity index (χ2n) is 3.60. The Labute approximate surface area is 99.5 Å². The number of nitrogens with zero attached hydrogens (tertiary/aromatic N) is 2. The van der Waals surface area contributed by atoms with E-state index in [1.54, 1.807) is 26.1 Å². The van der Waals surface area contributed by atoms with Crippen molar-refractivity contribution in [3.63, 3.8) is 0 Å². The number of nitro groups is 1. The van der Waals surface area contributed by atoms with Crippen LogP contribution in [0.1, 0.15) is 5.69 Å². The lowest BCUT2D eigenvalue weighted by Gasteiger charge is -2.08. The zero-order chi connectivity index (χ0) is 12.8. The molecule has 17 heavy (non-hydrogen) atoms. The van der Waals surface area contributed by atoms with Crippen LogP contribution >= 0.6 is 0 Å². The summed E-state index contributed by atoms with van der Waals surface area (Å²) in [6.45, 7) is 6.30. The zero-order valence-corrected chi connectivity index (χ0v) is 9.90. The molecule has 0 saturated carbocycles. The molecule has 0 aromatic carbocycles. The molecule has 0 fully saturated rings. The molecule has 1 aromatic heterocycles. The van der Waals surface area contributed by atoms with E-state index in [1.165, 1.54) is 0 Å². The number of aromatic nitrogens is 1. The van der Waals surface area contributed by atoms with E-state index in [1.807, 2.05) is 0 Å². The Hall–Kier alpha value is -1.95. The largest absolute Gasteiger partial charge is 0.481 e. The van der Waals surface area contributed by atoms with Crippen LogP contribution in [0.25, 0.3) is 0 Å². The van der Waals surface area contributed by atoms with Crippen molar-refractivity contribution in [3.05, 3.63) is 40.1 Å². The summed E-state index contributed by atoms with van der Waals surface area (Å²) in [5.74, 6) is -0.0971. The molecule has 6 nitrogen and oxygen atoms in total. The van der Waals surface area contributed by atoms with Gasteiger partial charge >= 0.3 is 5.82 Å². The number of pyridine rings is 1. The number of hydrogen-bond donors (Lipinski definition) is 1. The molecule has 0 unspecified atom stereocenters. The van der Waals surface area contributed by atoms with Gasteiger partial charge in [0.2, 0.25) is 5.75 Å². The molecule has 0 radical (unpaired) electrons. The van der Waals surface area contributed by atoms with E-state index in [4.69, 9.17) is 4.74 Å². The van der Waals surface area contributed by atoms with Crippen LogP contribution in [0.5, 0.6) is 5.75 Å². The SMILES string of the molecule is C=C(CNC)COc1ccc(C)nc1[N+](=O)[O-]. The second-order valence-corrected chi connectivity index (χ2v) is 3.60. The fourth-order valence-corrected chi connectivity index (χ4v) is 1.25. The molecule has 0 bridgehead atoms. The summed E-state index contributed by atoms with van der Waals surface area (Å²) in [6, 6.07) is 3.22. The van der Waals surface area contributed by atoms with E-state index < -0.39 is 4.92 Å². The van der Waals surface area contributed by atoms with E-state index in [2.05, 4.69) is 16.9 Å². The third kappa shape index (κ3) is 3.84. The van der Waals surface area contributed by atoms with Gasteiger partial charge in [0.15, 0.2) is 0 Å². The van der Waals surface area contributed by atoms with Crippen molar-refractivity contribution in [2.75, 3.05) is 20.2 Å². The number of likely N-dealkylation sites (N-methyl/N-ethyl adjacent to an activating group) is 1. The van der Waals surface area contributed by atoms with Gasteiger partial charge in [0.1, 0.15) is 12.3 Å². The van der Waals surface area contributed by atoms with Gasteiger partial charge in [-0.2, -0.15) is 0 Å². The Morgan fingerprint density at radius 3 is 2.94 bits per heavy atom. The van der Waals surface area contributed by atoms with E-state index in [-0.39, 0.29) is 18.2 Å². The van der Waals surface area contributed by atoms with Gasteiger partial charge in [0.25, 0.3) is 0 Å². The van der Waals surface area contributed by atoms with Crippen molar-refractivity contribution in [2.24, 2.45) is 0 Å². The fraction of sp³-hybridized carbons (Fsp3) is 0.364. The number of rotatable bonds is 6. The maximum absolute atomic E-state index is 10.8. The first-order chi connectivity index (χ1) is 8.04. The van der Waals surface area contributed by atoms with Gasteiger partial charge in [-0.25, -0.2) is 0 Å². The second kappa shape index (κ2) is 5.95. The van der Waals surface area contributed by atoms with Crippen molar-refractivity contribution in [2.45, 2.75) is 6.92 Å². The highest BCUT2D eigenvalue weighted by Gasteiger charge is 2.17. The van der Waals surface area contributed by atoms with Gasteiger partial charge < -0.3 is 20.2 Å². The maximum atomic E-state index is 10.8. The average Bonchev–Trinajstić information content (AvgIpc) is 2.27. The zero-order valence-electron chi connectivity index (χ0n) is 9.90. The first-order valence-corrected chi connectivity index (χ1v) is 5.10. The predicted molar refractivity (Wildman–Crippen MR) is 64.2 cm³/mol. The summed E-state index contributed by atoms with van der Waals surface area (Å²) in [4.78, 5) is 14.0. The monoisotopic (exact) mass is 237 g/mol. The van der Waals surface area contributed by atoms with Gasteiger partial charge in [-0.15, -0.1) is 0 Å². The Morgan fingerprint density at radius 1 is 1.65 bits per heavy atom. The molecule has 0 saturated heterocycles. The Balaban J connectivity index is 2.77. The van der Waals surface area contributed by atoms with E-state index in [0.717, 1.165) is 5.57 Å². The smallest absolute Gasteiger partial charge is 0.406 e. The van der Waals surface area contributed by atoms with E-state index in [0.29, 0.717) is 12.2 Å². The fourth-order valence-electron chi connectivity index (χ4n) is 1.25. The highest BCUT2D eigenvalue weighted by Crippen LogP contribution is 2.24. The molecule has 1 aromatic rings. The highest BCUT2D eigenvalue weighted by molar-refractivity contribution is 5.40. The molecular weight excluding hydrogens is 222 g/mol. The number of hydrogen-bond acceptors (Lipinski definition) is 5. The summed E-state index contributed by atoms with van der Waals surface area (Å²) >= 11 is 0. The first kappa shape index (κ1) is 13.1. The molecule has 0 atom stereocenters. The number of ether oxygens (including phenoxy) is 1. The van der Waals surface area contributed by atoms with Crippen LogP contribution in [0.2, 0.25) is 0 Å². The van der Waals surface area contributed by atoms with Crippen LogP contribution in [-0.4, -0.2) is 30.1 Å². The Bertz CT molecular complexity index is 432. The summed E-state index contributed by atoms with van der Waals surface area (Å²) in [5.41, 5.74) is 1.39. The van der Waals surface area contributed by atoms with E-state index >= 15 is 0 Å². The molecule has 0 spiro atoms. The number of aryl methyl sites for hydroxylation is 1. The lowest BCUT2D eigenvalue weighted by atomic mass is 10.3. The van der Waals surface area contributed by atoms with Crippen molar-refractivity contribution < 1.29 is 9.66 Å². The normalized spacial score (nSPS) is 10.0. The van der Waals surface area contributed by atoms with Crippen LogP contribution < -0.4 is 10.1 Å². The molecule has 0 aliphatic rings. The lowest BCUT2D eigenvalue weighted by molar-refractivity contribution is -0.390. The van der Waals surface area contributed by atoms with Gasteiger partial charge in [-0.3, -0.25) is 0 Å². The number of nitrogens with one attached hydrogen (secondary N) is 1. The van der Waals surface area contributed by atoms with E-state index in [9.17, 15) is 10.1 Å². The summed E-state index contributed by atoms with van der Waals surface area (Å²) in [6.07, 6.45) is 0. The lowest BCUT2D eigenvalue weighted by Crippen LogP contribution is -2.15. The minimum atomic E-state index is -0.552. The summed E-state index contributed by atoms with van der Waals surface area (Å²) < 4.78 is 5.32. The highest BCUT2D eigenvalue weighted by atomic mass is 16.6. The quantitative estimate of drug-likeness (QED) is 0.460. The average molecular weight is 237 g/mol. The van der Waals surface area contributed by atoms with Crippen LogP contribution in [0.3, 0.4) is 0 Å². The molecule has 92 valence electrons. The van der Waals surface area contributed by atoms with Gasteiger partial charge in [0, 0.05) is 13.5 Å². The van der Waals surface area contributed by atoms with Gasteiger partial charge in [-0.05, 0) is 34.7 Å². The van der Waals surface area contributed by atoms with Crippen LogP contribution in [-0.2, 0) is 0 Å². The summed E-state index contributed by atoms with van der Waals surface area (Å²) in [7, 11) is 1.79. The van der Waals surface area contributed by atoms with Crippen LogP contribution in [0.15, 0.2) is 24.3 Å². The van der Waals surface area contributed by atoms with Crippen molar-refractivity contribution in [1.82, 2.24) is 10.3 Å². The summed E-state index contributed by atoms with van der Waals surface area (Å²) in [5, 5.41) is 13.7. The molecule has 1 N–H and O–H groups in total.